The van der Waals surface area contributed by atoms with E-state index in [2.05, 4.69) is 48.7 Å². The number of benzene rings is 1. The van der Waals surface area contributed by atoms with Gasteiger partial charge in [-0.15, -0.1) is 0 Å². The molecular formula is C22H30N4O. The van der Waals surface area contributed by atoms with Crippen molar-refractivity contribution in [3.05, 3.63) is 46.8 Å². The molecule has 27 heavy (non-hydrogen) atoms. The fourth-order valence-corrected chi connectivity index (χ4v) is 4.27. The monoisotopic (exact) mass is 366 g/mol. The summed E-state index contributed by atoms with van der Waals surface area (Å²) < 4.78 is 2.00. The number of aromatic nitrogens is 2. The lowest BCUT2D eigenvalue weighted by Gasteiger charge is -2.34. The summed E-state index contributed by atoms with van der Waals surface area (Å²) in [6.45, 7) is 7.14. The van der Waals surface area contributed by atoms with Crippen molar-refractivity contribution in [2.24, 2.45) is 5.41 Å². The van der Waals surface area contributed by atoms with Crippen molar-refractivity contribution in [3.63, 3.8) is 0 Å². The van der Waals surface area contributed by atoms with Crippen molar-refractivity contribution < 1.29 is 4.79 Å². The fraction of sp³-hybridized carbons (Fsp3) is 0.545. The third-order valence-corrected chi connectivity index (χ3v) is 6.16. The molecule has 0 saturated carbocycles. The van der Waals surface area contributed by atoms with Crippen LogP contribution in [0.4, 0.5) is 0 Å². The van der Waals surface area contributed by atoms with Crippen molar-refractivity contribution in [2.75, 3.05) is 19.6 Å². The van der Waals surface area contributed by atoms with Gasteiger partial charge in [0.1, 0.15) is 0 Å². The summed E-state index contributed by atoms with van der Waals surface area (Å²) in [5.74, 6) is -0.0150. The van der Waals surface area contributed by atoms with Crippen LogP contribution in [-0.4, -0.2) is 35.3 Å². The number of carbonyl (C=O) groups is 1. The van der Waals surface area contributed by atoms with Gasteiger partial charge in [-0.3, -0.25) is 4.79 Å². The number of carbonyl (C=O) groups excluding carboxylic acids is 1. The van der Waals surface area contributed by atoms with E-state index in [0.717, 1.165) is 69.4 Å². The summed E-state index contributed by atoms with van der Waals surface area (Å²) in [5.41, 5.74) is 5.44. The van der Waals surface area contributed by atoms with Crippen LogP contribution >= 0.6 is 0 Å². The smallest absolute Gasteiger partial charge is 0.272 e. The van der Waals surface area contributed by atoms with E-state index in [-0.39, 0.29) is 11.3 Å². The predicted molar refractivity (Wildman–Crippen MR) is 107 cm³/mol. The molecule has 0 bridgehead atoms. The van der Waals surface area contributed by atoms with E-state index < -0.39 is 0 Å². The van der Waals surface area contributed by atoms with Crippen LogP contribution in [0.2, 0.25) is 0 Å². The summed E-state index contributed by atoms with van der Waals surface area (Å²) in [6, 6.07) is 8.39. The first kappa shape index (κ1) is 18.2. The maximum absolute atomic E-state index is 13.0. The summed E-state index contributed by atoms with van der Waals surface area (Å²) >= 11 is 0. The van der Waals surface area contributed by atoms with Crippen molar-refractivity contribution in [2.45, 2.75) is 52.4 Å². The molecule has 1 saturated heterocycles. The molecule has 1 fully saturated rings. The zero-order valence-corrected chi connectivity index (χ0v) is 16.5. The third kappa shape index (κ3) is 3.79. The van der Waals surface area contributed by atoms with Crippen LogP contribution in [0.5, 0.6) is 0 Å². The number of amides is 1. The molecule has 0 spiro atoms. The molecule has 2 heterocycles. The minimum absolute atomic E-state index is 0.0150. The quantitative estimate of drug-likeness (QED) is 0.874. The normalized spacial score (nSPS) is 18.7. The summed E-state index contributed by atoms with van der Waals surface area (Å²) in [7, 11) is 0. The lowest BCUT2D eigenvalue weighted by molar-refractivity contribution is 0.0916. The highest BCUT2D eigenvalue weighted by Crippen LogP contribution is 2.29. The SMILES string of the molecule is Cc1ccc(-n2nc(C(=O)NCC3(C)CCNCC3)c3c2CCCC3)cc1. The van der Waals surface area contributed by atoms with Gasteiger partial charge in [-0.25, -0.2) is 4.68 Å². The standard InChI is InChI=1S/C22H30N4O/c1-16-7-9-17(10-8-16)26-19-6-4-3-5-18(19)20(25-26)21(27)24-15-22(2)11-13-23-14-12-22/h7-10,23H,3-6,11-15H2,1-2H3,(H,24,27). The van der Waals surface area contributed by atoms with Gasteiger partial charge in [0, 0.05) is 17.8 Å². The predicted octanol–water partition coefficient (Wildman–Crippen LogP) is 3.18. The van der Waals surface area contributed by atoms with Crippen molar-refractivity contribution in [3.8, 4) is 5.69 Å². The van der Waals surface area contributed by atoms with Gasteiger partial charge < -0.3 is 10.6 Å². The van der Waals surface area contributed by atoms with Crippen LogP contribution in [0.25, 0.3) is 5.69 Å². The van der Waals surface area contributed by atoms with Crippen LogP contribution in [0.15, 0.2) is 24.3 Å². The molecule has 5 nitrogen and oxygen atoms in total. The molecule has 4 rings (SSSR count). The van der Waals surface area contributed by atoms with E-state index in [1.54, 1.807) is 0 Å². The second-order valence-corrected chi connectivity index (χ2v) is 8.47. The van der Waals surface area contributed by atoms with Gasteiger partial charge >= 0.3 is 0 Å². The van der Waals surface area contributed by atoms with Gasteiger partial charge in [-0.05, 0) is 76.1 Å². The Labute approximate surface area is 161 Å². The zero-order chi connectivity index (χ0) is 18.9. The molecule has 1 amide bonds. The maximum atomic E-state index is 13.0. The highest BCUT2D eigenvalue weighted by Gasteiger charge is 2.29. The van der Waals surface area contributed by atoms with Crippen molar-refractivity contribution in [1.29, 1.82) is 0 Å². The third-order valence-electron chi connectivity index (χ3n) is 6.16. The molecule has 1 aromatic heterocycles. The molecule has 1 aliphatic heterocycles. The Morgan fingerprint density at radius 1 is 1.19 bits per heavy atom. The minimum atomic E-state index is -0.0150. The molecule has 0 unspecified atom stereocenters. The van der Waals surface area contributed by atoms with Gasteiger partial charge in [-0.2, -0.15) is 5.10 Å². The first-order chi connectivity index (χ1) is 13.1. The van der Waals surface area contributed by atoms with Crippen molar-refractivity contribution >= 4 is 5.91 Å². The van der Waals surface area contributed by atoms with Crippen molar-refractivity contribution in [1.82, 2.24) is 20.4 Å². The average molecular weight is 367 g/mol. The van der Waals surface area contributed by atoms with Gasteiger partial charge in [-0.1, -0.05) is 24.6 Å². The van der Waals surface area contributed by atoms with E-state index in [0.29, 0.717) is 5.69 Å². The summed E-state index contributed by atoms with van der Waals surface area (Å²) in [4.78, 5) is 13.0. The first-order valence-electron chi connectivity index (χ1n) is 10.2. The molecule has 2 N–H and O–H groups in total. The topological polar surface area (TPSA) is 59.0 Å². The Kier molecular flexibility index (Phi) is 5.04. The molecule has 1 aromatic carbocycles. The Hall–Kier alpha value is -2.14. The van der Waals surface area contributed by atoms with Gasteiger partial charge in [0.15, 0.2) is 5.69 Å². The van der Waals surface area contributed by atoms with E-state index in [1.807, 2.05) is 4.68 Å². The largest absolute Gasteiger partial charge is 0.350 e. The highest BCUT2D eigenvalue weighted by atomic mass is 16.2. The molecule has 144 valence electrons. The Morgan fingerprint density at radius 3 is 2.63 bits per heavy atom. The summed E-state index contributed by atoms with van der Waals surface area (Å²) in [5, 5.41) is 11.4. The molecule has 5 heteroatoms. The number of hydrogen-bond donors (Lipinski definition) is 2. The molecule has 0 radical (unpaired) electrons. The minimum Gasteiger partial charge on any atom is -0.350 e. The maximum Gasteiger partial charge on any atom is 0.272 e. The fourth-order valence-electron chi connectivity index (χ4n) is 4.27. The number of rotatable bonds is 4. The number of piperidine rings is 1. The lowest BCUT2D eigenvalue weighted by Crippen LogP contribution is -2.43. The van der Waals surface area contributed by atoms with E-state index in [9.17, 15) is 4.79 Å². The van der Waals surface area contributed by atoms with E-state index in [4.69, 9.17) is 5.10 Å². The summed E-state index contributed by atoms with van der Waals surface area (Å²) in [6.07, 6.45) is 6.44. The molecule has 0 atom stereocenters. The van der Waals surface area contributed by atoms with Crippen LogP contribution in [0.3, 0.4) is 0 Å². The molecule has 1 aliphatic carbocycles. The van der Waals surface area contributed by atoms with Gasteiger partial charge in [0.2, 0.25) is 0 Å². The first-order valence-corrected chi connectivity index (χ1v) is 10.2. The Balaban J connectivity index is 1.58. The van der Waals surface area contributed by atoms with E-state index >= 15 is 0 Å². The Bertz CT molecular complexity index is 816. The number of aryl methyl sites for hydroxylation is 1. The van der Waals surface area contributed by atoms with Crippen LogP contribution in [-0.2, 0) is 12.8 Å². The lowest BCUT2D eigenvalue weighted by atomic mass is 9.81. The number of nitrogens with zero attached hydrogens (tertiary/aromatic N) is 2. The average Bonchev–Trinajstić information content (AvgIpc) is 3.07. The second-order valence-electron chi connectivity index (χ2n) is 8.47. The molecular weight excluding hydrogens is 336 g/mol. The highest BCUT2D eigenvalue weighted by molar-refractivity contribution is 5.94. The number of nitrogens with one attached hydrogen (secondary N) is 2. The number of fused-ring (bicyclic) bond motifs is 1. The zero-order valence-electron chi connectivity index (χ0n) is 16.5. The Morgan fingerprint density at radius 2 is 1.89 bits per heavy atom. The second kappa shape index (κ2) is 7.47. The molecule has 2 aromatic rings. The van der Waals surface area contributed by atoms with Crippen LogP contribution in [0.1, 0.15) is 59.9 Å². The van der Waals surface area contributed by atoms with Gasteiger partial charge in [0.25, 0.3) is 5.91 Å². The van der Waals surface area contributed by atoms with Crippen LogP contribution in [0, 0.1) is 12.3 Å². The number of hydrogen-bond acceptors (Lipinski definition) is 3. The van der Waals surface area contributed by atoms with Crippen LogP contribution < -0.4 is 10.6 Å². The molecule has 2 aliphatic rings. The van der Waals surface area contributed by atoms with E-state index in [1.165, 1.54) is 11.3 Å². The van der Waals surface area contributed by atoms with Gasteiger partial charge in [0.05, 0.1) is 5.69 Å².